The summed E-state index contributed by atoms with van der Waals surface area (Å²) < 4.78 is 0. The second-order valence-electron chi connectivity index (χ2n) is 12.0. The van der Waals surface area contributed by atoms with Crippen molar-refractivity contribution < 1.29 is 24.3 Å². The van der Waals surface area contributed by atoms with E-state index in [0.717, 1.165) is 16.3 Å². The van der Waals surface area contributed by atoms with E-state index >= 15 is 0 Å². The maximum atomic E-state index is 13.8. The molecule has 12 heteroatoms. The fourth-order valence-electron chi connectivity index (χ4n) is 5.44. The van der Waals surface area contributed by atoms with E-state index in [-0.39, 0.29) is 43.5 Å². The van der Waals surface area contributed by atoms with E-state index < -0.39 is 36.0 Å². The van der Waals surface area contributed by atoms with Crippen LogP contribution in [0, 0.1) is 5.92 Å². The summed E-state index contributed by atoms with van der Waals surface area (Å²) in [4.78, 5) is 63.7. The average Bonchev–Trinajstić information content (AvgIpc) is 3.56. The highest BCUT2D eigenvalue weighted by Gasteiger charge is 2.31. The number of aromatic nitrogens is 3. The van der Waals surface area contributed by atoms with Gasteiger partial charge in [-0.1, -0.05) is 62.4 Å². The summed E-state index contributed by atoms with van der Waals surface area (Å²) in [5, 5.41) is 24.2. The minimum atomic E-state index is -1.19. The van der Waals surface area contributed by atoms with E-state index in [2.05, 4.69) is 36.2 Å². The first-order valence-electron chi connectivity index (χ1n) is 15.8. The number of carbonyl (C=O) groups excluding carboxylic acids is 4. The fourth-order valence-corrected chi connectivity index (χ4v) is 5.44. The number of hydrogen-bond donors (Lipinski definition) is 6. The second-order valence-corrected chi connectivity index (χ2v) is 12.0. The molecule has 0 saturated heterocycles. The molecule has 0 saturated carbocycles. The highest BCUT2D eigenvalue weighted by atomic mass is 16.3. The predicted octanol–water partition coefficient (Wildman–Crippen LogP) is 2.33. The molecule has 0 aliphatic heterocycles. The van der Waals surface area contributed by atoms with Crippen LogP contribution in [0.4, 0.5) is 0 Å². The molecule has 47 heavy (non-hydrogen) atoms. The smallest absolute Gasteiger partial charge is 0.243 e. The highest BCUT2D eigenvalue weighted by molar-refractivity contribution is 5.93. The summed E-state index contributed by atoms with van der Waals surface area (Å²) in [7, 11) is 0. The van der Waals surface area contributed by atoms with Crippen LogP contribution in [0.2, 0.25) is 0 Å². The first kappa shape index (κ1) is 34.8. The van der Waals surface area contributed by atoms with Crippen molar-refractivity contribution in [2.45, 2.75) is 77.2 Å². The molecule has 0 spiro atoms. The van der Waals surface area contributed by atoms with Gasteiger partial charge in [0, 0.05) is 32.2 Å². The molecule has 2 aromatic carbocycles. The van der Waals surface area contributed by atoms with Gasteiger partial charge in [-0.05, 0) is 40.8 Å². The number of pyridine rings is 1. The molecule has 12 nitrogen and oxygen atoms in total. The molecule has 0 aliphatic rings. The largest absolute Gasteiger partial charge is 0.390 e. The number of H-pyrrole nitrogens is 1. The molecular weight excluding hydrogens is 598 g/mol. The third-order valence-electron chi connectivity index (χ3n) is 7.70. The number of carbonyl (C=O) groups is 4. The Morgan fingerprint density at radius 3 is 2.26 bits per heavy atom. The molecule has 4 rings (SSSR count). The standard InChI is InChI=1S/C35H43N7O5/c1-22(2)15-29(32(44)18-33(45)38-20-26-12-6-7-14-37-26)41-35(47)31(17-27-19-36-21-39-27)42-34(46)30(40-23(3)43)16-25-11-8-10-24-9-4-5-13-28(24)25/h4-14,19,21-22,29-32,44H,15-18,20H2,1-3H3,(H,36,39)(H,38,45)(H,40,43)(H,41,47)(H,42,46)/t29?,30-,31+,32?/m0/s1. The summed E-state index contributed by atoms with van der Waals surface area (Å²) in [6.07, 6.45) is 3.94. The lowest BCUT2D eigenvalue weighted by molar-refractivity contribution is -0.132. The zero-order valence-corrected chi connectivity index (χ0v) is 26.9. The van der Waals surface area contributed by atoms with Crippen LogP contribution in [0.1, 0.15) is 50.6 Å². The first-order valence-corrected chi connectivity index (χ1v) is 15.8. The number of amides is 4. The Kier molecular flexibility index (Phi) is 12.6. The minimum Gasteiger partial charge on any atom is -0.390 e. The van der Waals surface area contributed by atoms with Gasteiger partial charge in [0.1, 0.15) is 12.1 Å². The number of aliphatic hydroxyl groups excluding tert-OH is 1. The molecule has 2 heterocycles. The summed E-state index contributed by atoms with van der Waals surface area (Å²) >= 11 is 0. The fraction of sp³-hybridized carbons (Fsp3) is 0.371. The summed E-state index contributed by atoms with van der Waals surface area (Å²) in [6.45, 7) is 5.43. The van der Waals surface area contributed by atoms with Crippen LogP contribution in [0.3, 0.4) is 0 Å². The normalized spacial score (nSPS) is 13.7. The molecule has 0 radical (unpaired) electrons. The van der Waals surface area contributed by atoms with Crippen molar-refractivity contribution in [3.05, 3.63) is 96.3 Å². The van der Waals surface area contributed by atoms with E-state index in [4.69, 9.17) is 0 Å². The SMILES string of the molecule is CC(=O)N[C@@H](Cc1cccc2ccccc12)C(=O)N[C@H](Cc1c[nH]cn1)C(=O)NC(CC(C)C)C(O)CC(=O)NCc1ccccn1. The maximum Gasteiger partial charge on any atom is 0.243 e. The average molecular weight is 642 g/mol. The van der Waals surface area contributed by atoms with Crippen molar-refractivity contribution in [1.29, 1.82) is 0 Å². The summed E-state index contributed by atoms with van der Waals surface area (Å²) in [6, 6.07) is 16.1. The number of benzene rings is 2. The molecule has 4 aromatic rings. The van der Waals surface area contributed by atoms with Gasteiger partial charge in [0.2, 0.25) is 23.6 Å². The van der Waals surface area contributed by atoms with Gasteiger partial charge in [-0.3, -0.25) is 24.2 Å². The lowest BCUT2D eigenvalue weighted by Gasteiger charge is -2.28. The molecule has 0 aliphatic carbocycles. The molecule has 2 aromatic heterocycles. The van der Waals surface area contributed by atoms with Crippen LogP contribution in [-0.2, 0) is 38.6 Å². The van der Waals surface area contributed by atoms with Gasteiger partial charge in [-0.2, -0.15) is 0 Å². The van der Waals surface area contributed by atoms with Crippen molar-refractivity contribution in [2.75, 3.05) is 0 Å². The van der Waals surface area contributed by atoms with Gasteiger partial charge in [-0.25, -0.2) is 4.98 Å². The van der Waals surface area contributed by atoms with Crippen molar-refractivity contribution >= 4 is 34.4 Å². The van der Waals surface area contributed by atoms with E-state index in [1.165, 1.54) is 13.3 Å². The van der Waals surface area contributed by atoms with Gasteiger partial charge in [-0.15, -0.1) is 0 Å². The lowest BCUT2D eigenvalue weighted by Crippen LogP contribution is -2.57. The van der Waals surface area contributed by atoms with E-state index in [1.807, 2.05) is 62.4 Å². The Morgan fingerprint density at radius 2 is 1.55 bits per heavy atom. The Balaban J connectivity index is 1.49. The van der Waals surface area contributed by atoms with Gasteiger partial charge in [0.25, 0.3) is 0 Å². The number of imidazole rings is 1. The topological polar surface area (TPSA) is 178 Å². The monoisotopic (exact) mass is 641 g/mol. The van der Waals surface area contributed by atoms with Crippen LogP contribution < -0.4 is 21.3 Å². The number of nitrogens with one attached hydrogen (secondary N) is 5. The molecule has 2 unspecified atom stereocenters. The summed E-state index contributed by atoms with van der Waals surface area (Å²) in [5.41, 5.74) is 2.08. The Hall–Kier alpha value is -5.10. The third-order valence-corrected chi connectivity index (χ3v) is 7.70. The second kappa shape index (κ2) is 17.0. The van der Waals surface area contributed by atoms with Crippen LogP contribution in [0.25, 0.3) is 10.8 Å². The molecular formula is C35H43N7O5. The first-order chi connectivity index (χ1) is 22.6. The Bertz CT molecular complexity index is 1620. The number of fused-ring (bicyclic) bond motifs is 1. The van der Waals surface area contributed by atoms with Crippen LogP contribution >= 0.6 is 0 Å². The number of nitrogens with zero attached hydrogens (tertiary/aromatic N) is 2. The van der Waals surface area contributed by atoms with Gasteiger partial charge in [0.05, 0.1) is 42.8 Å². The third kappa shape index (κ3) is 10.7. The highest BCUT2D eigenvalue weighted by Crippen LogP contribution is 2.20. The van der Waals surface area contributed by atoms with Crippen molar-refractivity contribution in [3.8, 4) is 0 Å². The zero-order chi connectivity index (χ0) is 33.8. The predicted molar refractivity (Wildman–Crippen MR) is 178 cm³/mol. The molecule has 0 fully saturated rings. The van der Waals surface area contributed by atoms with Crippen molar-refractivity contribution in [3.63, 3.8) is 0 Å². The van der Waals surface area contributed by atoms with E-state index in [9.17, 15) is 24.3 Å². The Morgan fingerprint density at radius 1 is 0.830 bits per heavy atom. The molecule has 6 N–H and O–H groups in total. The number of hydrogen-bond acceptors (Lipinski definition) is 7. The van der Waals surface area contributed by atoms with Crippen molar-refractivity contribution in [1.82, 2.24) is 36.2 Å². The van der Waals surface area contributed by atoms with E-state index in [1.54, 1.807) is 24.5 Å². The molecule has 4 amide bonds. The van der Waals surface area contributed by atoms with E-state index in [0.29, 0.717) is 17.8 Å². The zero-order valence-electron chi connectivity index (χ0n) is 26.9. The maximum absolute atomic E-state index is 13.8. The Labute approximate surface area is 274 Å². The van der Waals surface area contributed by atoms with Gasteiger partial charge in [0.15, 0.2) is 0 Å². The van der Waals surface area contributed by atoms with Crippen LogP contribution in [0.15, 0.2) is 79.4 Å². The molecule has 4 atom stereocenters. The van der Waals surface area contributed by atoms with Crippen LogP contribution in [-0.4, -0.2) is 67.9 Å². The quantitative estimate of drug-likeness (QED) is 0.109. The summed E-state index contributed by atoms with van der Waals surface area (Å²) in [5.74, 6) is -1.79. The van der Waals surface area contributed by atoms with Crippen molar-refractivity contribution in [2.24, 2.45) is 5.92 Å². The lowest BCUT2D eigenvalue weighted by atomic mass is 9.96. The molecule has 248 valence electrons. The van der Waals surface area contributed by atoms with Gasteiger partial charge < -0.3 is 31.4 Å². The number of rotatable bonds is 16. The van der Waals surface area contributed by atoms with Gasteiger partial charge >= 0.3 is 0 Å². The number of aliphatic hydroxyl groups is 1. The molecule has 0 bridgehead atoms. The number of aromatic amines is 1. The minimum absolute atomic E-state index is 0.0528. The van der Waals surface area contributed by atoms with Crippen LogP contribution in [0.5, 0.6) is 0 Å².